The Kier molecular flexibility index (Phi) is 5.20. The average Bonchev–Trinajstić information content (AvgIpc) is 2.34. The van der Waals surface area contributed by atoms with Crippen molar-refractivity contribution in [2.24, 2.45) is 0 Å². The summed E-state index contributed by atoms with van der Waals surface area (Å²) in [5, 5.41) is 19.0. The van der Waals surface area contributed by atoms with E-state index in [9.17, 15) is 24.4 Å². The molecule has 0 bridgehead atoms. The largest absolute Gasteiger partial charge is 0.481 e. The van der Waals surface area contributed by atoms with Gasteiger partial charge in [0, 0.05) is 30.0 Å². The maximum atomic E-state index is 12.0. The number of carboxylic acid groups (broad SMARTS) is 1. The van der Waals surface area contributed by atoms with Crippen LogP contribution in [0.5, 0.6) is 0 Å². The Morgan fingerprint density at radius 3 is 2.32 bits per heavy atom. The molecule has 0 aromatic heterocycles. The molecular formula is C11H14NO6P. The molecule has 0 amide bonds. The van der Waals surface area contributed by atoms with Crippen molar-refractivity contribution in [3.8, 4) is 0 Å². The van der Waals surface area contributed by atoms with Gasteiger partial charge in [0.2, 0.25) is 7.37 Å². The highest BCUT2D eigenvalue weighted by molar-refractivity contribution is 7.66. The Bertz CT molecular complexity index is 512. The van der Waals surface area contributed by atoms with Crippen molar-refractivity contribution in [2.45, 2.75) is 19.3 Å². The second-order valence-corrected chi connectivity index (χ2v) is 6.42. The number of hydrogen-bond acceptors (Lipinski definition) is 4. The summed E-state index contributed by atoms with van der Waals surface area (Å²) in [6.07, 6.45) is 0.572. The molecular weight excluding hydrogens is 273 g/mol. The van der Waals surface area contributed by atoms with E-state index >= 15 is 0 Å². The minimum absolute atomic E-state index is 0.0297. The fourth-order valence-corrected chi connectivity index (χ4v) is 3.06. The van der Waals surface area contributed by atoms with Crippen molar-refractivity contribution < 1.29 is 24.3 Å². The normalized spacial score (nSPS) is 13.7. The third-order valence-corrected chi connectivity index (χ3v) is 4.59. The first-order chi connectivity index (χ1) is 8.83. The number of nitro benzene ring substituents is 1. The summed E-state index contributed by atoms with van der Waals surface area (Å²) >= 11 is 0. The lowest BCUT2D eigenvalue weighted by molar-refractivity contribution is -0.384. The monoisotopic (exact) mass is 287 g/mol. The van der Waals surface area contributed by atoms with Crippen LogP contribution >= 0.6 is 7.37 Å². The average molecular weight is 287 g/mol. The van der Waals surface area contributed by atoms with Crippen molar-refractivity contribution in [2.75, 3.05) is 6.16 Å². The minimum Gasteiger partial charge on any atom is -0.481 e. The van der Waals surface area contributed by atoms with Gasteiger partial charge in [-0.2, -0.15) is 0 Å². The Hall–Kier alpha value is -1.72. The molecule has 0 radical (unpaired) electrons. The zero-order valence-corrected chi connectivity index (χ0v) is 11.0. The lowest BCUT2D eigenvalue weighted by Crippen LogP contribution is -2.08. The second kappa shape index (κ2) is 6.45. The molecule has 7 nitrogen and oxygen atoms in total. The molecule has 1 rings (SSSR count). The highest BCUT2D eigenvalue weighted by Crippen LogP contribution is 2.40. The number of rotatable bonds is 7. The number of hydrogen-bond donors (Lipinski definition) is 2. The molecule has 0 spiro atoms. The zero-order valence-electron chi connectivity index (χ0n) is 10.1. The Morgan fingerprint density at radius 2 is 1.84 bits per heavy atom. The number of nitro groups is 1. The van der Waals surface area contributed by atoms with Gasteiger partial charge in [0.05, 0.1) is 4.92 Å². The Labute approximate surface area is 109 Å². The van der Waals surface area contributed by atoms with Crippen LogP contribution in [0.3, 0.4) is 0 Å². The lowest BCUT2D eigenvalue weighted by atomic mass is 10.2. The standard InChI is InChI=1S/C11H14NO6P/c13-11(14)3-1-2-8-19(17,18)10-6-4-9(5-7-10)12(15)16/h4-7H,1-3,8H2,(H,13,14)(H,17,18). The van der Waals surface area contributed by atoms with Crippen LogP contribution in [-0.2, 0) is 9.36 Å². The van der Waals surface area contributed by atoms with Crippen molar-refractivity contribution in [1.29, 1.82) is 0 Å². The molecule has 1 aromatic rings. The summed E-state index contributed by atoms with van der Waals surface area (Å²) in [4.78, 5) is 30.0. The zero-order chi connectivity index (χ0) is 14.5. The topological polar surface area (TPSA) is 118 Å². The van der Waals surface area contributed by atoms with Gasteiger partial charge >= 0.3 is 5.97 Å². The fourth-order valence-electron chi connectivity index (χ4n) is 1.54. The second-order valence-electron chi connectivity index (χ2n) is 4.05. The molecule has 19 heavy (non-hydrogen) atoms. The molecule has 0 aliphatic rings. The van der Waals surface area contributed by atoms with E-state index in [1.165, 1.54) is 24.3 Å². The summed E-state index contributed by atoms with van der Waals surface area (Å²) in [5.41, 5.74) is -0.144. The molecule has 1 unspecified atom stereocenters. The predicted molar refractivity (Wildman–Crippen MR) is 68.9 cm³/mol. The highest BCUT2D eigenvalue weighted by Gasteiger charge is 2.21. The molecule has 0 saturated carbocycles. The number of benzene rings is 1. The van der Waals surface area contributed by atoms with E-state index in [2.05, 4.69) is 0 Å². The summed E-state index contributed by atoms with van der Waals surface area (Å²) < 4.78 is 12.0. The van der Waals surface area contributed by atoms with Crippen molar-refractivity contribution >= 4 is 24.3 Å². The lowest BCUT2D eigenvalue weighted by Gasteiger charge is -2.11. The van der Waals surface area contributed by atoms with Gasteiger partial charge in [0.15, 0.2) is 0 Å². The van der Waals surface area contributed by atoms with Gasteiger partial charge in [-0.3, -0.25) is 19.5 Å². The maximum absolute atomic E-state index is 12.0. The van der Waals surface area contributed by atoms with Gasteiger partial charge in [0.25, 0.3) is 5.69 Å². The summed E-state index contributed by atoms with van der Waals surface area (Å²) in [5.74, 6) is -0.942. The van der Waals surface area contributed by atoms with Gasteiger partial charge in [-0.25, -0.2) is 0 Å². The van der Waals surface area contributed by atoms with Crippen LogP contribution in [0.1, 0.15) is 19.3 Å². The van der Waals surface area contributed by atoms with Crippen LogP contribution in [0, 0.1) is 10.1 Å². The molecule has 0 aliphatic heterocycles. The Balaban J connectivity index is 2.63. The van der Waals surface area contributed by atoms with Crippen LogP contribution < -0.4 is 5.30 Å². The molecule has 1 aromatic carbocycles. The van der Waals surface area contributed by atoms with Gasteiger partial charge in [-0.1, -0.05) is 0 Å². The van der Waals surface area contributed by atoms with E-state index < -0.39 is 18.3 Å². The molecule has 104 valence electrons. The van der Waals surface area contributed by atoms with Crippen LogP contribution in [0.25, 0.3) is 0 Å². The molecule has 0 aliphatic carbocycles. The molecule has 1 atom stereocenters. The van der Waals surface area contributed by atoms with Crippen LogP contribution in [0.15, 0.2) is 24.3 Å². The number of nitrogens with zero attached hydrogens (tertiary/aromatic N) is 1. The third-order valence-electron chi connectivity index (χ3n) is 2.57. The van der Waals surface area contributed by atoms with Gasteiger partial charge < -0.3 is 10.00 Å². The first-order valence-corrected chi connectivity index (χ1v) is 7.46. The van der Waals surface area contributed by atoms with Gasteiger partial charge in [-0.15, -0.1) is 0 Å². The summed E-state index contributed by atoms with van der Waals surface area (Å²) in [6.45, 7) is 0. The number of carboxylic acids is 1. The number of non-ortho nitro benzene ring substituents is 1. The quantitative estimate of drug-likeness (QED) is 0.341. The van der Waals surface area contributed by atoms with E-state index in [1.54, 1.807) is 0 Å². The van der Waals surface area contributed by atoms with E-state index in [1.807, 2.05) is 0 Å². The summed E-state index contributed by atoms with van der Waals surface area (Å²) in [7, 11) is -3.57. The van der Waals surface area contributed by atoms with Crippen molar-refractivity contribution in [3.63, 3.8) is 0 Å². The summed E-state index contributed by atoms with van der Waals surface area (Å²) in [6, 6.07) is 4.87. The molecule has 2 N–H and O–H groups in total. The maximum Gasteiger partial charge on any atom is 0.303 e. The van der Waals surface area contributed by atoms with E-state index in [-0.39, 0.29) is 23.6 Å². The number of aliphatic carboxylic acids is 1. The number of carbonyl (C=O) groups is 1. The van der Waals surface area contributed by atoms with Crippen LogP contribution in [0.2, 0.25) is 0 Å². The molecule has 0 saturated heterocycles. The highest BCUT2D eigenvalue weighted by atomic mass is 31.2. The minimum atomic E-state index is -3.57. The van der Waals surface area contributed by atoms with Crippen molar-refractivity contribution in [3.05, 3.63) is 34.4 Å². The molecule has 8 heteroatoms. The van der Waals surface area contributed by atoms with Crippen LogP contribution in [-0.4, -0.2) is 27.1 Å². The van der Waals surface area contributed by atoms with E-state index in [0.717, 1.165) is 0 Å². The van der Waals surface area contributed by atoms with E-state index in [4.69, 9.17) is 5.11 Å². The third kappa shape index (κ3) is 4.81. The smallest absolute Gasteiger partial charge is 0.303 e. The van der Waals surface area contributed by atoms with Crippen LogP contribution in [0.4, 0.5) is 5.69 Å². The predicted octanol–water partition coefficient (Wildman–Crippen LogP) is 1.75. The molecule has 0 fully saturated rings. The SMILES string of the molecule is O=C(O)CCCCP(=O)(O)c1ccc([N+](=O)[O-])cc1. The fraction of sp³-hybridized carbons (Fsp3) is 0.364. The first kappa shape index (κ1) is 15.3. The van der Waals surface area contributed by atoms with Gasteiger partial charge in [0.1, 0.15) is 0 Å². The number of unbranched alkanes of at least 4 members (excludes halogenated alkanes) is 1. The van der Waals surface area contributed by atoms with Crippen molar-refractivity contribution in [1.82, 2.24) is 0 Å². The van der Waals surface area contributed by atoms with E-state index in [0.29, 0.717) is 12.8 Å². The Morgan fingerprint density at radius 1 is 1.26 bits per heavy atom. The molecule has 0 heterocycles. The van der Waals surface area contributed by atoms with Gasteiger partial charge in [-0.05, 0) is 25.0 Å². The first-order valence-electron chi connectivity index (χ1n) is 5.61.